The van der Waals surface area contributed by atoms with Crippen LogP contribution in [0, 0.1) is 19.3 Å². The van der Waals surface area contributed by atoms with Gasteiger partial charge in [0.05, 0.1) is 18.3 Å². The number of hydrogen-bond acceptors (Lipinski definition) is 3. The van der Waals surface area contributed by atoms with Gasteiger partial charge >= 0.3 is 6.03 Å². The average Bonchev–Trinajstić information content (AvgIpc) is 2.72. The normalized spacial score (nSPS) is 17.4. The SMILES string of the molecule is CC[C@@H](NC(=O)NCC1(COC)CCC1)c1c(C)nn(C)c1C. The number of ether oxygens (including phenoxy) is 1. The predicted octanol–water partition coefficient (Wildman–Crippen LogP) is 2.60. The number of urea groups is 1. The molecule has 1 aliphatic rings. The van der Waals surface area contributed by atoms with Crippen molar-refractivity contribution >= 4 is 6.03 Å². The maximum absolute atomic E-state index is 12.3. The number of carbonyl (C=O) groups is 1. The van der Waals surface area contributed by atoms with Crippen molar-refractivity contribution in [3.63, 3.8) is 0 Å². The predicted molar refractivity (Wildman–Crippen MR) is 90.4 cm³/mol. The Bertz CT molecular complexity index is 549. The van der Waals surface area contributed by atoms with Gasteiger partial charge in [-0.15, -0.1) is 0 Å². The van der Waals surface area contributed by atoms with Crippen molar-refractivity contribution in [2.45, 2.75) is 52.5 Å². The van der Waals surface area contributed by atoms with Crippen LogP contribution < -0.4 is 10.6 Å². The second kappa shape index (κ2) is 7.34. The first-order valence-electron chi connectivity index (χ1n) is 8.46. The molecule has 1 aliphatic carbocycles. The lowest BCUT2D eigenvalue weighted by Crippen LogP contribution is -2.48. The largest absolute Gasteiger partial charge is 0.384 e. The summed E-state index contributed by atoms with van der Waals surface area (Å²) in [6, 6.07) is -0.120. The van der Waals surface area contributed by atoms with E-state index in [2.05, 4.69) is 22.7 Å². The third-order valence-electron chi connectivity index (χ3n) is 5.12. The number of amides is 2. The molecule has 1 fully saturated rings. The van der Waals surface area contributed by atoms with Crippen LogP contribution in [-0.2, 0) is 11.8 Å². The van der Waals surface area contributed by atoms with Crippen molar-refractivity contribution in [1.29, 1.82) is 0 Å². The maximum Gasteiger partial charge on any atom is 0.315 e. The van der Waals surface area contributed by atoms with Crippen LogP contribution >= 0.6 is 0 Å². The van der Waals surface area contributed by atoms with Crippen molar-refractivity contribution in [2.75, 3.05) is 20.3 Å². The summed E-state index contributed by atoms with van der Waals surface area (Å²) in [4.78, 5) is 12.3. The Balaban J connectivity index is 1.95. The minimum atomic E-state index is -0.109. The molecule has 1 heterocycles. The molecule has 6 heteroatoms. The molecule has 0 aliphatic heterocycles. The van der Waals surface area contributed by atoms with E-state index in [0.717, 1.165) is 36.2 Å². The van der Waals surface area contributed by atoms with Gasteiger partial charge in [-0.3, -0.25) is 4.68 Å². The molecular weight excluding hydrogens is 292 g/mol. The lowest BCUT2D eigenvalue weighted by molar-refractivity contribution is 0.0199. The molecule has 0 aromatic carbocycles. The number of carbonyl (C=O) groups excluding carboxylic acids is 1. The molecule has 1 atom stereocenters. The van der Waals surface area contributed by atoms with Crippen LogP contribution in [0.1, 0.15) is 55.6 Å². The van der Waals surface area contributed by atoms with Gasteiger partial charge in [-0.2, -0.15) is 5.10 Å². The van der Waals surface area contributed by atoms with Gasteiger partial charge in [-0.05, 0) is 33.1 Å². The summed E-state index contributed by atoms with van der Waals surface area (Å²) < 4.78 is 7.17. The molecule has 23 heavy (non-hydrogen) atoms. The van der Waals surface area contributed by atoms with Crippen LogP contribution in [0.5, 0.6) is 0 Å². The summed E-state index contributed by atoms with van der Waals surface area (Å²) in [5.74, 6) is 0. The van der Waals surface area contributed by atoms with E-state index in [9.17, 15) is 4.79 Å². The molecule has 1 aromatic rings. The summed E-state index contributed by atoms with van der Waals surface area (Å²) in [5.41, 5.74) is 3.34. The van der Waals surface area contributed by atoms with Gasteiger partial charge in [0.1, 0.15) is 0 Å². The van der Waals surface area contributed by atoms with E-state index in [1.165, 1.54) is 6.42 Å². The van der Waals surface area contributed by atoms with Crippen molar-refractivity contribution in [1.82, 2.24) is 20.4 Å². The van der Waals surface area contributed by atoms with E-state index in [1.54, 1.807) is 7.11 Å². The Labute approximate surface area is 139 Å². The van der Waals surface area contributed by atoms with E-state index in [1.807, 2.05) is 25.6 Å². The highest BCUT2D eigenvalue weighted by atomic mass is 16.5. The number of nitrogens with zero attached hydrogens (tertiary/aromatic N) is 2. The van der Waals surface area contributed by atoms with Crippen LogP contribution in [0.15, 0.2) is 0 Å². The summed E-state index contributed by atoms with van der Waals surface area (Å²) in [6.45, 7) is 7.50. The van der Waals surface area contributed by atoms with Crippen molar-refractivity contribution in [3.8, 4) is 0 Å². The first-order chi connectivity index (χ1) is 10.9. The van der Waals surface area contributed by atoms with Crippen molar-refractivity contribution in [3.05, 3.63) is 17.0 Å². The van der Waals surface area contributed by atoms with E-state index in [-0.39, 0.29) is 17.5 Å². The third-order valence-corrected chi connectivity index (χ3v) is 5.12. The molecule has 130 valence electrons. The Morgan fingerprint density at radius 2 is 2.13 bits per heavy atom. The fourth-order valence-corrected chi connectivity index (χ4v) is 3.50. The standard InChI is InChI=1S/C17H30N4O2/c1-6-14(15-12(2)20-21(4)13(15)3)19-16(22)18-10-17(11-23-5)8-7-9-17/h14H,6-11H2,1-5H3,(H2,18,19,22)/t14-/m1/s1. The smallest absolute Gasteiger partial charge is 0.315 e. The lowest BCUT2D eigenvalue weighted by Gasteiger charge is -2.41. The highest BCUT2D eigenvalue weighted by Gasteiger charge is 2.37. The third kappa shape index (κ3) is 3.86. The van der Waals surface area contributed by atoms with E-state index in [0.29, 0.717) is 13.2 Å². The van der Waals surface area contributed by atoms with Gasteiger partial charge in [-0.25, -0.2) is 4.79 Å². The van der Waals surface area contributed by atoms with Gasteiger partial charge in [0.15, 0.2) is 0 Å². The Hall–Kier alpha value is -1.56. The van der Waals surface area contributed by atoms with Gasteiger partial charge in [0.25, 0.3) is 0 Å². The van der Waals surface area contributed by atoms with E-state index in [4.69, 9.17) is 4.74 Å². The van der Waals surface area contributed by atoms with Crippen LogP contribution in [0.3, 0.4) is 0 Å². The molecule has 1 saturated carbocycles. The van der Waals surface area contributed by atoms with Crippen molar-refractivity contribution < 1.29 is 9.53 Å². The first-order valence-corrected chi connectivity index (χ1v) is 8.46. The monoisotopic (exact) mass is 322 g/mol. The zero-order valence-electron chi connectivity index (χ0n) is 15.0. The molecule has 1 aromatic heterocycles. The molecule has 0 radical (unpaired) electrons. The van der Waals surface area contributed by atoms with Gasteiger partial charge < -0.3 is 15.4 Å². The molecule has 0 saturated heterocycles. The molecule has 0 bridgehead atoms. The maximum atomic E-state index is 12.3. The van der Waals surface area contributed by atoms with Gasteiger partial charge in [0, 0.05) is 37.4 Å². The highest BCUT2D eigenvalue weighted by molar-refractivity contribution is 5.74. The number of methoxy groups -OCH3 is 1. The minimum Gasteiger partial charge on any atom is -0.384 e. The summed E-state index contributed by atoms with van der Waals surface area (Å²) in [7, 11) is 3.66. The number of rotatable bonds is 7. The molecule has 6 nitrogen and oxygen atoms in total. The Kier molecular flexibility index (Phi) is 5.68. The zero-order chi connectivity index (χ0) is 17.0. The topological polar surface area (TPSA) is 68.2 Å². The molecule has 0 spiro atoms. The average molecular weight is 322 g/mol. The molecule has 2 N–H and O–H groups in total. The van der Waals surface area contributed by atoms with Crippen LogP contribution in [0.2, 0.25) is 0 Å². The van der Waals surface area contributed by atoms with Gasteiger partial charge in [-0.1, -0.05) is 13.3 Å². The fraction of sp³-hybridized carbons (Fsp3) is 0.765. The number of hydrogen-bond donors (Lipinski definition) is 2. The highest BCUT2D eigenvalue weighted by Crippen LogP contribution is 2.40. The van der Waals surface area contributed by atoms with E-state index < -0.39 is 0 Å². The Morgan fingerprint density at radius 3 is 2.57 bits per heavy atom. The summed E-state index contributed by atoms with van der Waals surface area (Å²) in [5, 5.41) is 10.6. The molecular formula is C17H30N4O2. The molecule has 0 unspecified atom stereocenters. The second-order valence-corrected chi connectivity index (χ2v) is 6.78. The fourth-order valence-electron chi connectivity index (χ4n) is 3.50. The first kappa shape index (κ1) is 17.8. The zero-order valence-corrected chi connectivity index (χ0v) is 15.0. The molecule has 2 rings (SSSR count). The van der Waals surface area contributed by atoms with Crippen LogP contribution in [0.4, 0.5) is 4.79 Å². The summed E-state index contributed by atoms with van der Waals surface area (Å²) in [6.07, 6.45) is 4.31. The van der Waals surface area contributed by atoms with Crippen molar-refractivity contribution in [2.24, 2.45) is 12.5 Å². The summed E-state index contributed by atoms with van der Waals surface area (Å²) >= 11 is 0. The van der Waals surface area contributed by atoms with Gasteiger partial charge in [0.2, 0.25) is 0 Å². The number of nitrogens with one attached hydrogen (secondary N) is 2. The minimum absolute atomic E-state index is 0.0107. The quantitative estimate of drug-likeness (QED) is 0.811. The number of aromatic nitrogens is 2. The lowest BCUT2D eigenvalue weighted by atomic mass is 9.69. The number of aryl methyl sites for hydroxylation is 2. The Morgan fingerprint density at radius 1 is 1.43 bits per heavy atom. The van der Waals surface area contributed by atoms with E-state index >= 15 is 0 Å². The van der Waals surface area contributed by atoms with Crippen LogP contribution in [-0.4, -0.2) is 36.1 Å². The second-order valence-electron chi connectivity index (χ2n) is 6.78. The van der Waals surface area contributed by atoms with Crippen LogP contribution in [0.25, 0.3) is 0 Å². The molecule has 2 amide bonds.